The summed E-state index contributed by atoms with van der Waals surface area (Å²) < 4.78 is 34.5. The number of aliphatic imine (C=N–C) groups is 1. The number of guanidine groups is 1. The Morgan fingerprint density at radius 2 is 1.96 bits per heavy atom. The first-order chi connectivity index (χ1) is 10.9. The van der Waals surface area contributed by atoms with E-state index in [9.17, 15) is 12.8 Å². The molecule has 0 aliphatic rings. The molecule has 0 spiro atoms. The molecule has 138 valence electrons. The predicted molar refractivity (Wildman–Crippen MR) is 109 cm³/mol. The van der Waals surface area contributed by atoms with Crippen LogP contribution in [0.15, 0.2) is 34.2 Å². The Labute approximate surface area is 164 Å². The lowest BCUT2D eigenvalue weighted by Gasteiger charge is -2.10. The Kier molecular flexibility index (Phi) is 12.4. The molecule has 6 nitrogen and oxygen atoms in total. The summed E-state index contributed by atoms with van der Waals surface area (Å²) in [6.07, 6.45) is 0.855. The lowest BCUT2D eigenvalue weighted by molar-refractivity contribution is 0.596. The second-order valence-corrected chi connectivity index (χ2v) is 7.61. The molecule has 1 rings (SSSR count). The molecule has 0 amide bonds. The minimum Gasteiger partial charge on any atom is -0.357 e. The molecule has 4 N–H and O–H groups in total. The van der Waals surface area contributed by atoms with Crippen molar-refractivity contribution in [1.29, 1.82) is 0 Å². The fourth-order valence-corrected chi connectivity index (χ4v) is 2.85. The number of hydrogen-bond acceptors (Lipinski definition) is 4. The summed E-state index contributed by atoms with van der Waals surface area (Å²) in [6.45, 7) is 3.45. The molecule has 0 aliphatic carbocycles. The quantitative estimate of drug-likeness (QED) is 0.161. The molecule has 24 heavy (non-hydrogen) atoms. The summed E-state index contributed by atoms with van der Waals surface area (Å²) in [4.78, 5) is 5.39. The van der Waals surface area contributed by atoms with Gasteiger partial charge in [-0.3, -0.25) is 4.99 Å². The molecule has 0 aromatic heterocycles. The van der Waals surface area contributed by atoms with Crippen LogP contribution >= 0.6 is 35.7 Å². The molecule has 0 atom stereocenters. The molecule has 0 fully saturated rings. The van der Waals surface area contributed by atoms with Gasteiger partial charge in [0.05, 0.1) is 5.75 Å². The highest BCUT2D eigenvalue weighted by Gasteiger charge is 2.03. The average molecular weight is 490 g/mol. The molecule has 0 saturated carbocycles. The van der Waals surface area contributed by atoms with E-state index in [1.165, 1.54) is 12.1 Å². The summed E-state index contributed by atoms with van der Waals surface area (Å²) in [5.74, 6) is 1.06. The van der Waals surface area contributed by atoms with Crippen molar-refractivity contribution in [2.45, 2.75) is 18.2 Å². The number of hydrogen-bond donors (Lipinski definition) is 3. The van der Waals surface area contributed by atoms with Crippen LogP contribution < -0.4 is 15.8 Å². The predicted octanol–water partition coefficient (Wildman–Crippen LogP) is 1.77. The summed E-state index contributed by atoms with van der Waals surface area (Å²) in [6, 6.07) is 6.39. The SMILES string of the molecule is CCNC(=NCCCSc1ccc(F)cc1)NCCS(N)(=O)=O.I. The van der Waals surface area contributed by atoms with Gasteiger partial charge in [0.2, 0.25) is 10.0 Å². The van der Waals surface area contributed by atoms with Crippen molar-refractivity contribution in [3.05, 3.63) is 30.1 Å². The van der Waals surface area contributed by atoms with Gasteiger partial charge in [-0.05, 0) is 43.4 Å². The fraction of sp³-hybridized carbons (Fsp3) is 0.500. The lowest BCUT2D eigenvalue weighted by atomic mass is 10.4. The van der Waals surface area contributed by atoms with E-state index in [1.54, 1.807) is 23.9 Å². The molecular weight excluding hydrogens is 466 g/mol. The van der Waals surface area contributed by atoms with Gasteiger partial charge < -0.3 is 10.6 Å². The number of benzene rings is 1. The van der Waals surface area contributed by atoms with Gasteiger partial charge in [0.25, 0.3) is 0 Å². The molecule has 0 unspecified atom stereocenters. The normalized spacial score (nSPS) is 11.7. The van der Waals surface area contributed by atoms with Crippen LogP contribution in [0.4, 0.5) is 4.39 Å². The molecule has 10 heteroatoms. The summed E-state index contributed by atoms with van der Waals surface area (Å²) in [5.41, 5.74) is 0. The number of halogens is 2. The first-order valence-corrected chi connectivity index (χ1v) is 10.0. The Balaban J connectivity index is 0.00000529. The summed E-state index contributed by atoms with van der Waals surface area (Å²) in [7, 11) is -3.47. The second kappa shape index (κ2) is 12.7. The van der Waals surface area contributed by atoms with Gasteiger partial charge in [0.1, 0.15) is 5.82 Å². The Hall–Kier alpha value is -0.590. The van der Waals surface area contributed by atoms with Crippen molar-refractivity contribution >= 4 is 51.7 Å². The topological polar surface area (TPSA) is 96.6 Å². The molecule has 1 aromatic rings. The molecule has 0 aliphatic heterocycles. The summed E-state index contributed by atoms with van der Waals surface area (Å²) in [5, 5.41) is 10.9. The van der Waals surface area contributed by atoms with E-state index in [4.69, 9.17) is 5.14 Å². The van der Waals surface area contributed by atoms with E-state index in [0.29, 0.717) is 19.0 Å². The maximum Gasteiger partial charge on any atom is 0.210 e. The standard InChI is InChI=1S/C14H23FN4O2S2.HI/c1-2-17-14(19-9-11-23(16,20)21)18-8-3-10-22-13-6-4-12(15)5-7-13;/h4-7H,2-3,8-11H2,1H3,(H2,16,20,21)(H2,17,18,19);1H. The zero-order chi connectivity index (χ0) is 17.1. The third kappa shape index (κ3) is 11.9. The van der Waals surface area contributed by atoms with Crippen molar-refractivity contribution in [3.63, 3.8) is 0 Å². The maximum absolute atomic E-state index is 12.8. The largest absolute Gasteiger partial charge is 0.357 e. The number of rotatable bonds is 9. The smallest absolute Gasteiger partial charge is 0.210 e. The highest BCUT2D eigenvalue weighted by molar-refractivity contribution is 14.0. The van der Waals surface area contributed by atoms with E-state index in [-0.39, 0.29) is 42.1 Å². The van der Waals surface area contributed by atoms with Gasteiger partial charge in [-0.25, -0.2) is 17.9 Å². The Bertz CT molecular complexity index is 597. The van der Waals surface area contributed by atoms with Gasteiger partial charge in [-0.15, -0.1) is 35.7 Å². The zero-order valence-electron chi connectivity index (χ0n) is 13.5. The number of primary sulfonamides is 1. The van der Waals surface area contributed by atoms with E-state index in [2.05, 4.69) is 15.6 Å². The van der Waals surface area contributed by atoms with Crippen molar-refractivity contribution in [3.8, 4) is 0 Å². The van der Waals surface area contributed by atoms with Crippen LogP contribution in [0.2, 0.25) is 0 Å². The lowest BCUT2D eigenvalue weighted by Crippen LogP contribution is -2.40. The van der Waals surface area contributed by atoms with Gasteiger partial charge in [0, 0.05) is 24.5 Å². The van der Waals surface area contributed by atoms with E-state index in [1.807, 2.05) is 6.92 Å². The minimum absolute atomic E-state index is 0. The number of nitrogens with two attached hydrogens (primary N) is 1. The van der Waals surface area contributed by atoms with Gasteiger partial charge in [-0.2, -0.15) is 0 Å². The van der Waals surface area contributed by atoms with Crippen LogP contribution in [0.25, 0.3) is 0 Å². The van der Waals surface area contributed by atoms with Gasteiger partial charge >= 0.3 is 0 Å². The average Bonchev–Trinajstić information content (AvgIpc) is 2.47. The van der Waals surface area contributed by atoms with Gasteiger partial charge in [0.15, 0.2) is 5.96 Å². The Morgan fingerprint density at radius 3 is 2.54 bits per heavy atom. The van der Waals surface area contributed by atoms with Gasteiger partial charge in [-0.1, -0.05) is 0 Å². The van der Waals surface area contributed by atoms with Crippen molar-refractivity contribution in [2.24, 2.45) is 10.1 Å². The molecule has 0 bridgehead atoms. The van der Waals surface area contributed by atoms with Crippen molar-refractivity contribution in [1.82, 2.24) is 10.6 Å². The van der Waals surface area contributed by atoms with Crippen LogP contribution in [-0.2, 0) is 10.0 Å². The first-order valence-electron chi connectivity index (χ1n) is 7.31. The van der Waals surface area contributed by atoms with Crippen LogP contribution in [-0.4, -0.2) is 45.5 Å². The van der Waals surface area contributed by atoms with Crippen LogP contribution in [0, 0.1) is 5.82 Å². The van der Waals surface area contributed by atoms with E-state index >= 15 is 0 Å². The maximum atomic E-state index is 12.8. The third-order valence-corrected chi connectivity index (χ3v) is 4.55. The van der Waals surface area contributed by atoms with Crippen LogP contribution in [0.3, 0.4) is 0 Å². The monoisotopic (exact) mass is 490 g/mol. The van der Waals surface area contributed by atoms with Crippen molar-refractivity contribution in [2.75, 3.05) is 31.1 Å². The van der Waals surface area contributed by atoms with E-state index in [0.717, 1.165) is 17.1 Å². The summed E-state index contributed by atoms with van der Waals surface area (Å²) >= 11 is 1.64. The van der Waals surface area contributed by atoms with E-state index < -0.39 is 10.0 Å². The Morgan fingerprint density at radius 1 is 1.29 bits per heavy atom. The first kappa shape index (κ1) is 23.4. The van der Waals surface area contributed by atoms with Crippen LogP contribution in [0.5, 0.6) is 0 Å². The number of nitrogens with one attached hydrogen (secondary N) is 2. The number of nitrogens with zero attached hydrogens (tertiary/aromatic N) is 1. The second-order valence-electron chi connectivity index (χ2n) is 4.71. The molecule has 0 radical (unpaired) electrons. The molecular formula is C14H24FIN4O2S2. The fourth-order valence-electron chi connectivity index (χ4n) is 1.63. The molecule has 1 aromatic carbocycles. The molecule has 0 heterocycles. The minimum atomic E-state index is -3.47. The van der Waals surface area contributed by atoms with Crippen LogP contribution in [0.1, 0.15) is 13.3 Å². The molecule has 0 saturated heterocycles. The third-order valence-electron chi connectivity index (χ3n) is 2.68. The van der Waals surface area contributed by atoms with Crippen molar-refractivity contribution < 1.29 is 12.8 Å². The highest BCUT2D eigenvalue weighted by atomic mass is 127. The highest BCUT2D eigenvalue weighted by Crippen LogP contribution is 2.18. The number of thioether (sulfide) groups is 1. The number of sulfonamides is 1. The zero-order valence-corrected chi connectivity index (χ0v) is 17.5.